The summed E-state index contributed by atoms with van der Waals surface area (Å²) in [4.78, 5) is 8.25. The summed E-state index contributed by atoms with van der Waals surface area (Å²) in [6.07, 6.45) is 3.10. The molecule has 0 aliphatic rings. The first kappa shape index (κ1) is 13.1. The molecule has 0 bridgehead atoms. The lowest BCUT2D eigenvalue weighted by molar-refractivity contribution is 0.609. The molecule has 1 aromatic carbocycles. The minimum Gasteiger partial charge on any atom is -0.344 e. The Kier molecular flexibility index (Phi) is 4.04. The van der Waals surface area contributed by atoms with Crippen LogP contribution in [0.4, 0.5) is 5.95 Å². The molecule has 0 aliphatic carbocycles. The Morgan fingerprint density at radius 1 is 1.17 bits per heavy atom. The van der Waals surface area contributed by atoms with Gasteiger partial charge in [0.1, 0.15) is 0 Å². The number of anilines is 1. The monoisotopic (exact) mass is 281 g/mol. The molecule has 0 spiro atoms. The Morgan fingerprint density at radius 3 is 2.33 bits per heavy atom. The van der Waals surface area contributed by atoms with Crippen LogP contribution in [0.15, 0.2) is 42.7 Å². The highest BCUT2D eigenvalue weighted by atomic mass is 35.5. The number of hydrogen-bond donors (Lipinski definition) is 1. The molecule has 2 aromatic rings. The van der Waals surface area contributed by atoms with Crippen molar-refractivity contribution in [2.24, 2.45) is 0 Å². The second-order valence-electron chi connectivity index (χ2n) is 4.18. The van der Waals surface area contributed by atoms with Gasteiger partial charge in [-0.3, -0.25) is 0 Å². The van der Waals surface area contributed by atoms with Crippen LogP contribution in [-0.4, -0.2) is 15.8 Å². The number of alkyl halides is 1. The van der Waals surface area contributed by atoms with Gasteiger partial charge in [0.25, 0.3) is 0 Å². The summed E-state index contributed by atoms with van der Waals surface area (Å²) in [6.45, 7) is 2.01. The van der Waals surface area contributed by atoms with Gasteiger partial charge in [-0.25, -0.2) is 9.97 Å². The normalized spacial score (nSPS) is 13.9. The van der Waals surface area contributed by atoms with Gasteiger partial charge in [-0.1, -0.05) is 41.9 Å². The number of hydrogen-bond acceptors (Lipinski definition) is 3. The zero-order valence-electron chi connectivity index (χ0n) is 9.90. The molecule has 0 radical (unpaired) electrons. The first-order chi connectivity index (χ1) is 8.64. The highest BCUT2D eigenvalue weighted by Crippen LogP contribution is 2.26. The largest absolute Gasteiger partial charge is 0.344 e. The highest BCUT2D eigenvalue weighted by Gasteiger charge is 2.26. The smallest absolute Gasteiger partial charge is 0.223 e. The van der Waals surface area contributed by atoms with Gasteiger partial charge >= 0.3 is 0 Å². The van der Waals surface area contributed by atoms with E-state index in [4.69, 9.17) is 23.2 Å². The fourth-order valence-electron chi connectivity index (χ4n) is 1.61. The van der Waals surface area contributed by atoms with Crippen LogP contribution in [0.5, 0.6) is 0 Å². The molecule has 0 aliphatic heterocycles. The van der Waals surface area contributed by atoms with E-state index in [-0.39, 0.29) is 0 Å². The van der Waals surface area contributed by atoms with Gasteiger partial charge in [0, 0.05) is 5.88 Å². The minimum atomic E-state index is -0.420. The van der Waals surface area contributed by atoms with E-state index in [9.17, 15) is 0 Å². The Balaban J connectivity index is 2.26. The molecule has 0 fully saturated rings. The molecule has 1 N–H and O–H groups in total. The van der Waals surface area contributed by atoms with Crippen LogP contribution in [0.2, 0.25) is 5.02 Å². The van der Waals surface area contributed by atoms with Gasteiger partial charge in [-0.05, 0) is 12.5 Å². The number of nitrogens with one attached hydrogen (secondary N) is 1. The molecule has 94 valence electrons. The minimum absolute atomic E-state index is 0.406. The fraction of sp³-hybridized carbons (Fsp3) is 0.231. The van der Waals surface area contributed by atoms with Crippen LogP contribution >= 0.6 is 23.2 Å². The van der Waals surface area contributed by atoms with E-state index in [1.165, 1.54) is 0 Å². The number of aromatic nitrogens is 2. The van der Waals surface area contributed by atoms with Crippen molar-refractivity contribution < 1.29 is 0 Å². The lowest BCUT2D eigenvalue weighted by atomic mass is 9.94. The van der Waals surface area contributed by atoms with Crippen molar-refractivity contribution in [2.75, 3.05) is 11.2 Å². The molecule has 1 heterocycles. The SMILES string of the molecule is CC(CCl)(Nc1ncc(Cl)cn1)c1ccccc1. The molecule has 2 rings (SSSR count). The molecule has 0 amide bonds. The average molecular weight is 282 g/mol. The quantitative estimate of drug-likeness (QED) is 0.869. The van der Waals surface area contributed by atoms with Crippen molar-refractivity contribution in [3.05, 3.63) is 53.3 Å². The third-order valence-electron chi connectivity index (χ3n) is 2.69. The van der Waals surface area contributed by atoms with Crippen LogP contribution in [0.3, 0.4) is 0 Å². The molecule has 18 heavy (non-hydrogen) atoms. The Morgan fingerprint density at radius 2 is 1.78 bits per heavy atom. The van der Waals surface area contributed by atoms with Gasteiger partial charge < -0.3 is 5.32 Å². The van der Waals surface area contributed by atoms with Gasteiger partial charge in [0.2, 0.25) is 5.95 Å². The summed E-state index contributed by atoms with van der Waals surface area (Å²) < 4.78 is 0. The van der Waals surface area contributed by atoms with Crippen LogP contribution in [0.25, 0.3) is 0 Å². The van der Waals surface area contributed by atoms with E-state index in [0.717, 1.165) is 5.56 Å². The maximum Gasteiger partial charge on any atom is 0.223 e. The van der Waals surface area contributed by atoms with E-state index in [2.05, 4.69) is 15.3 Å². The molecular weight excluding hydrogens is 269 g/mol. The van der Waals surface area contributed by atoms with Gasteiger partial charge in [-0.2, -0.15) is 0 Å². The number of halogens is 2. The van der Waals surface area contributed by atoms with E-state index >= 15 is 0 Å². The topological polar surface area (TPSA) is 37.8 Å². The summed E-state index contributed by atoms with van der Waals surface area (Å²) in [5, 5.41) is 3.74. The summed E-state index contributed by atoms with van der Waals surface area (Å²) >= 11 is 11.8. The second kappa shape index (κ2) is 5.55. The molecule has 1 aromatic heterocycles. The first-order valence-corrected chi connectivity index (χ1v) is 6.42. The van der Waals surface area contributed by atoms with Gasteiger partial charge in [-0.15, -0.1) is 11.6 Å². The zero-order chi connectivity index (χ0) is 13.0. The van der Waals surface area contributed by atoms with Crippen LogP contribution in [0.1, 0.15) is 12.5 Å². The summed E-state index contributed by atoms with van der Waals surface area (Å²) in [6, 6.07) is 9.96. The van der Waals surface area contributed by atoms with Crippen molar-refractivity contribution >= 4 is 29.2 Å². The van der Waals surface area contributed by atoms with E-state index in [0.29, 0.717) is 16.9 Å². The van der Waals surface area contributed by atoms with Crippen molar-refractivity contribution in [1.82, 2.24) is 9.97 Å². The summed E-state index contributed by atoms with van der Waals surface area (Å²) in [5.41, 5.74) is 0.662. The maximum absolute atomic E-state index is 6.08. The molecule has 5 heteroatoms. The van der Waals surface area contributed by atoms with E-state index in [1.807, 2.05) is 37.3 Å². The predicted octanol–water partition coefficient (Wildman–Crippen LogP) is 3.70. The predicted molar refractivity (Wildman–Crippen MR) is 75.2 cm³/mol. The van der Waals surface area contributed by atoms with Crippen LogP contribution in [-0.2, 0) is 5.54 Å². The molecular formula is C13H13Cl2N3. The van der Waals surface area contributed by atoms with Crippen molar-refractivity contribution in [1.29, 1.82) is 0 Å². The van der Waals surface area contributed by atoms with Crippen LogP contribution in [0, 0.1) is 0 Å². The molecule has 0 saturated carbocycles. The second-order valence-corrected chi connectivity index (χ2v) is 4.89. The number of rotatable bonds is 4. The van der Waals surface area contributed by atoms with Gasteiger partial charge in [0.15, 0.2) is 0 Å². The third kappa shape index (κ3) is 2.92. The third-order valence-corrected chi connectivity index (χ3v) is 3.42. The van der Waals surface area contributed by atoms with Crippen molar-refractivity contribution in [3.63, 3.8) is 0 Å². The van der Waals surface area contributed by atoms with Crippen molar-refractivity contribution in [2.45, 2.75) is 12.5 Å². The van der Waals surface area contributed by atoms with E-state index < -0.39 is 5.54 Å². The highest BCUT2D eigenvalue weighted by molar-refractivity contribution is 6.30. The standard InChI is InChI=1S/C13H13Cl2N3/c1-13(9-14,10-5-3-2-4-6-10)18-12-16-7-11(15)8-17-12/h2-8H,9H2,1H3,(H,16,17,18). The Bertz CT molecular complexity index is 501. The lowest BCUT2D eigenvalue weighted by Crippen LogP contribution is -2.34. The fourth-order valence-corrected chi connectivity index (χ4v) is 1.93. The molecule has 0 saturated heterocycles. The number of nitrogens with zero attached hydrogens (tertiary/aromatic N) is 2. The maximum atomic E-state index is 6.08. The molecule has 1 atom stereocenters. The van der Waals surface area contributed by atoms with Crippen LogP contribution < -0.4 is 5.32 Å². The molecule has 3 nitrogen and oxygen atoms in total. The Labute approximate surface area is 116 Å². The van der Waals surface area contributed by atoms with Crippen molar-refractivity contribution in [3.8, 4) is 0 Å². The van der Waals surface area contributed by atoms with E-state index in [1.54, 1.807) is 12.4 Å². The first-order valence-electron chi connectivity index (χ1n) is 5.51. The van der Waals surface area contributed by atoms with Gasteiger partial charge in [0.05, 0.1) is 23.0 Å². The number of benzene rings is 1. The summed E-state index contributed by atoms with van der Waals surface area (Å²) in [5.74, 6) is 0.912. The summed E-state index contributed by atoms with van der Waals surface area (Å²) in [7, 11) is 0. The molecule has 1 unspecified atom stereocenters. The Hall–Kier alpha value is -1.32. The zero-order valence-corrected chi connectivity index (χ0v) is 11.4. The average Bonchev–Trinajstić information content (AvgIpc) is 2.42. The lowest BCUT2D eigenvalue weighted by Gasteiger charge is -2.29.